The quantitative estimate of drug-likeness (QED) is 0.654. The normalized spacial score (nSPS) is 9.80. The Balaban J connectivity index is 2.85. The molecule has 0 amide bonds. The molecule has 0 radical (unpaired) electrons. The Labute approximate surface area is 63.1 Å². The predicted octanol–water partition coefficient (Wildman–Crippen LogP) is 1.23. The van der Waals surface area contributed by atoms with Gasteiger partial charge >= 0.3 is 0 Å². The van der Waals surface area contributed by atoms with Crippen LogP contribution in [0.25, 0.3) is 0 Å². The number of aliphatic hydroxyl groups is 1. The maximum atomic E-state index is 10.8. The van der Waals surface area contributed by atoms with Crippen molar-refractivity contribution in [2.45, 2.75) is 6.92 Å². The third-order valence-corrected chi connectivity index (χ3v) is 2.20. The van der Waals surface area contributed by atoms with E-state index in [0.717, 1.165) is 4.88 Å². The van der Waals surface area contributed by atoms with Gasteiger partial charge in [0, 0.05) is 4.88 Å². The van der Waals surface area contributed by atoms with Gasteiger partial charge in [-0.2, -0.15) is 0 Å². The van der Waals surface area contributed by atoms with E-state index >= 15 is 0 Å². The number of hydrogen-bond donors (Lipinski definition) is 1. The molecule has 1 aromatic heterocycles. The number of aryl methyl sites for hydroxylation is 1. The summed E-state index contributed by atoms with van der Waals surface area (Å²) in [6.07, 6.45) is 0. The Hall–Kier alpha value is -0.670. The van der Waals surface area contributed by atoms with Crippen molar-refractivity contribution in [1.82, 2.24) is 0 Å². The number of ketones is 1. The molecule has 1 heterocycles. The predicted molar refractivity (Wildman–Crippen MR) is 40.5 cm³/mol. The molecule has 0 aliphatic heterocycles. The average Bonchev–Trinajstić information content (AvgIpc) is 2.34. The minimum atomic E-state index is -0.389. The molecule has 3 heteroatoms. The Morgan fingerprint density at radius 2 is 2.40 bits per heavy atom. The summed E-state index contributed by atoms with van der Waals surface area (Å²) in [5.41, 5.74) is 0. The van der Waals surface area contributed by atoms with Crippen LogP contribution in [0.4, 0.5) is 0 Å². The van der Waals surface area contributed by atoms with Crippen molar-refractivity contribution in [3.63, 3.8) is 0 Å². The van der Waals surface area contributed by atoms with Crippen LogP contribution in [0.5, 0.6) is 0 Å². The zero-order valence-corrected chi connectivity index (χ0v) is 6.44. The van der Waals surface area contributed by atoms with Crippen molar-refractivity contribution in [3.05, 3.63) is 21.9 Å². The SMILES string of the molecule is Cc1ccc(C(=O)CO)s1. The van der Waals surface area contributed by atoms with E-state index in [2.05, 4.69) is 0 Å². The van der Waals surface area contributed by atoms with E-state index in [0.29, 0.717) is 4.88 Å². The lowest BCUT2D eigenvalue weighted by Gasteiger charge is -1.86. The summed E-state index contributed by atoms with van der Waals surface area (Å²) in [5.74, 6) is -0.196. The number of rotatable bonds is 2. The molecular weight excluding hydrogens is 148 g/mol. The molecule has 2 nitrogen and oxygen atoms in total. The van der Waals surface area contributed by atoms with Crippen LogP contribution in [-0.2, 0) is 0 Å². The van der Waals surface area contributed by atoms with E-state index in [1.165, 1.54) is 11.3 Å². The van der Waals surface area contributed by atoms with E-state index in [1.807, 2.05) is 13.0 Å². The smallest absolute Gasteiger partial charge is 0.198 e. The molecule has 1 aromatic rings. The first kappa shape index (κ1) is 7.44. The Kier molecular flexibility index (Phi) is 2.19. The van der Waals surface area contributed by atoms with Crippen LogP contribution in [0, 0.1) is 6.92 Å². The van der Waals surface area contributed by atoms with E-state index in [4.69, 9.17) is 5.11 Å². The second kappa shape index (κ2) is 2.94. The Bertz CT molecular complexity index is 240. The van der Waals surface area contributed by atoms with Crippen LogP contribution in [0.1, 0.15) is 14.5 Å². The van der Waals surface area contributed by atoms with Gasteiger partial charge in [-0.1, -0.05) is 0 Å². The van der Waals surface area contributed by atoms with Crippen LogP contribution >= 0.6 is 11.3 Å². The van der Waals surface area contributed by atoms with Crippen molar-refractivity contribution in [2.24, 2.45) is 0 Å². The van der Waals surface area contributed by atoms with Crippen LogP contribution < -0.4 is 0 Å². The molecule has 0 atom stereocenters. The van der Waals surface area contributed by atoms with Gasteiger partial charge in [-0.3, -0.25) is 4.79 Å². The number of hydrogen-bond acceptors (Lipinski definition) is 3. The standard InChI is InChI=1S/C7H8O2S/c1-5-2-3-7(10-5)6(9)4-8/h2-3,8H,4H2,1H3. The lowest BCUT2D eigenvalue weighted by molar-refractivity contribution is 0.0908. The highest BCUT2D eigenvalue weighted by molar-refractivity contribution is 7.14. The second-order valence-electron chi connectivity index (χ2n) is 1.99. The summed E-state index contributed by atoms with van der Waals surface area (Å²) in [6.45, 7) is 1.54. The maximum Gasteiger partial charge on any atom is 0.198 e. The van der Waals surface area contributed by atoms with Crippen molar-refractivity contribution in [3.8, 4) is 0 Å². The summed E-state index contributed by atoms with van der Waals surface area (Å²) in [6, 6.07) is 3.60. The van der Waals surface area contributed by atoms with Crippen molar-refractivity contribution >= 4 is 17.1 Å². The topological polar surface area (TPSA) is 37.3 Å². The number of carbonyl (C=O) groups is 1. The molecule has 0 saturated heterocycles. The van der Waals surface area contributed by atoms with Gasteiger partial charge in [0.2, 0.25) is 0 Å². The van der Waals surface area contributed by atoms with Gasteiger partial charge in [0.15, 0.2) is 5.78 Å². The van der Waals surface area contributed by atoms with E-state index in [-0.39, 0.29) is 12.4 Å². The van der Waals surface area contributed by atoms with E-state index < -0.39 is 0 Å². The lowest BCUT2D eigenvalue weighted by Crippen LogP contribution is -2.00. The summed E-state index contributed by atoms with van der Waals surface area (Å²) in [4.78, 5) is 12.5. The Morgan fingerprint density at radius 3 is 2.80 bits per heavy atom. The molecule has 0 bridgehead atoms. The number of Topliss-reactive ketones (excluding diaryl/α,β-unsaturated/α-hetero) is 1. The maximum absolute atomic E-state index is 10.8. The van der Waals surface area contributed by atoms with Gasteiger partial charge in [-0.25, -0.2) is 0 Å². The van der Waals surface area contributed by atoms with Crippen molar-refractivity contribution < 1.29 is 9.90 Å². The van der Waals surface area contributed by atoms with Gasteiger partial charge in [0.25, 0.3) is 0 Å². The molecule has 0 saturated carbocycles. The molecule has 1 rings (SSSR count). The molecule has 0 aliphatic rings. The fourth-order valence-electron chi connectivity index (χ4n) is 0.662. The monoisotopic (exact) mass is 156 g/mol. The lowest BCUT2D eigenvalue weighted by atomic mass is 10.3. The van der Waals surface area contributed by atoms with Gasteiger partial charge in [0.1, 0.15) is 6.61 Å². The summed E-state index contributed by atoms with van der Waals surface area (Å²) >= 11 is 1.41. The van der Waals surface area contributed by atoms with Crippen molar-refractivity contribution in [1.29, 1.82) is 0 Å². The third-order valence-electron chi connectivity index (χ3n) is 1.16. The second-order valence-corrected chi connectivity index (χ2v) is 3.28. The molecule has 0 aromatic carbocycles. The molecule has 0 aliphatic carbocycles. The fourth-order valence-corrected chi connectivity index (χ4v) is 1.46. The highest BCUT2D eigenvalue weighted by Gasteiger charge is 2.04. The molecule has 0 spiro atoms. The summed E-state index contributed by atoms with van der Waals surface area (Å²) in [7, 11) is 0. The minimum Gasteiger partial charge on any atom is -0.388 e. The minimum absolute atomic E-state index is 0.196. The molecule has 10 heavy (non-hydrogen) atoms. The van der Waals surface area contributed by atoms with Crippen LogP contribution in [0.3, 0.4) is 0 Å². The van der Waals surface area contributed by atoms with Crippen LogP contribution in [0.2, 0.25) is 0 Å². The number of aliphatic hydroxyl groups excluding tert-OH is 1. The Morgan fingerprint density at radius 1 is 1.70 bits per heavy atom. The number of carbonyl (C=O) groups excluding carboxylic acids is 1. The first-order valence-electron chi connectivity index (χ1n) is 2.94. The van der Waals surface area contributed by atoms with Gasteiger partial charge in [-0.05, 0) is 19.1 Å². The summed E-state index contributed by atoms with van der Waals surface area (Å²) in [5, 5.41) is 8.45. The van der Waals surface area contributed by atoms with Gasteiger partial charge in [0.05, 0.1) is 4.88 Å². The molecule has 54 valence electrons. The molecule has 0 fully saturated rings. The van der Waals surface area contributed by atoms with E-state index in [1.54, 1.807) is 6.07 Å². The molecule has 1 N–H and O–H groups in total. The summed E-state index contributed by atoms with van der Waals surface area (Å²) < 4.78 is 0. The highest BCUT2D eigenvalue weighted by atomic mass is 32.1. The van der Waals surface area contributed by atoms with E-state index in [9.17, 15) is 4.79 Å². The van der Waals surface area contributed by atoms with Crippen LogP contribution in [0.15, 0.2) is 12.1 Å². The largest absolute Gasteiger partial charge is 0.388 e. The average molecular weight is 156 g/mol. The zero-order chi connectivity index (χ0) is 7.56. The first-order valence-corrected chi connectivity index (χ1v) is 3.76. The fraction of sp³-hybridized carbons (Fsp3) is 0.286. The zero-order valence-electron chi connectivity index (χ0n) is 5.63. The van der Waals surface area contributed by atoms with Gasteiger partial charge in [-0.15, -0.1) is 11.3 Å². The van der Waals surface area contributed by atoms with Gasteiger partial charge < -0.3 is 5.11 Å². The first-order chi connectivity index (χ1) is 4.74. The highest BCUT2D eigenvalue weighted by Crippen LogP contribution is 2.14. The number of thiophene rings is 1. The molecule has 0 unspecified atom stereocenters. The van der Waals surface area contributed by atoms with Crippen LogP contribution in [-0.4, -0.2) is 17.5 Å². The van der Waals surface area contributed by atoms with Crippen molar-refractivity contribution in [2.75, 3.05) is 6.61 Å². The third kappa shape index (κ3) is 1.43. The molecular formula is C7H8O2S.